The van der Waals surface area contributed by atoms with E-state index in [0.29, 0.717) is 0 Å². The van der Waals surface area contributed by atoms with Gasteiger partial charge in [0.25, 0.3) is 0 Å². The summed E-state index contributed by atoms with van der Waals surface area (Å²) in [5.74, 6) is 0.167. The fraction of sp³-hybridized carbons (Fsp3) is 0.400. The van der Waals surface area contributed by atoms with E-state index in [2.05, 4.69) is 5.32 Å². The molecule has 0 bridgehead atoms. The molecule has 0 aromatic heterocycles. The molecule has 0 aliphatic carbocycles. The van der Waals surface area contributed by atoms with Crippen molar-refractivity contribution in [3.8, 4) is 0 Å². The lowest BCUT2D eigenvalue weighted by molar-refractivity contribution is -0.115. The molecular formula is C5H7NO. The van der Waals surface area contributed by atoms with Gasteiger partial charge in [-0.3, -0.25) is 4.79 Å². The van der Waals surface area contributed by atoms with Crippen LogP contribution in [0, 0.1) is 0 Å². The molecule has 38 valence electrons. The topological polar surface area (TPSA) is 29.1 Å². The van der Waals surface area contributed by atoms with E-state index in [-0.39, 0.29) is 11.8 Å². The van der Waals surface area contributed by atoms with Gasteiger partial charge in [-0.15, -0.1) is 0 Å². The van der Waals surface area contributed by atoms with Crippen LogP contribution in [-0.2, 0) is 4.79 Å². The predicted molar refractivity (Wildman–Crippen MR) is 26.7 cm³/mol. The van der Waals surface area contributed by atoms with Crippen LogP contribution in [0.4, 0.5) is 0 Å². The van der Waals surface area contributed by atoms with E-state index in [0.717, 1.165) is 0 Å². The Kier molecular flexibility index (Phi) is 0.855. The van der Waals surface area contributed by atoms with Crippen LogP contribution in [0.2, 0.25) is 0 Å². The maximum Gasteiger partial charge on any atom is 0.178 e. The molecule has 0 amide bonds. The van der Waals surface area contributed by atoms with Crippen molar-refractivity contribution in [1.82, 2.24) is 5.32 Å². The third kappa shape index (κ3) is 0.633. The standard InChI is InChI=1S/C5H7NO/c1-4-5(7)2-3-6-4/h2-4,6H,1H3. The van der Waals surface area contributed by atoms with E-state index < -0.39 is 0 Å². The molecule has 0 aromatic carbocycles. The SMILES string of the molecule is CC1NC=CC1=O. The van der Waals surface area contributed by atoms with Crippen LogP contribution in [0.5, 0.6) is 0 Å². The van der Waals surface area contributed by atoms with E-state index in [4.69, 9.17) is 0 Å². The first kappa shape index (κ1) is 4.37. The van der Waals surface area contributed by atoms with Gasteiger partial charge < -0.3 is 5.32 Å². The summed E-state index contributed by atoms with van der Waals surface area (Å²) in [4.78, 5) is 10.4. The Labute approximate surface area is 42.2 Å². The number of carbonyl (C=O) groups excluding carboxylic acids is 1. The van der Waals surface area contributed by atoms with Crippen LogP contribution in [0.3, 0.4) is 0 Å². The highest BCUT2D eigenvalue weighted by Crippen LogP contribution is 1.92. The predicted octanol–water partition coefficient (Wildman–Crippen LogP) is 0.0609. The molecule has 1 rings (SSSR count). The number of rotatable bonds is 0. The van der Waals surface area contributed by atoms with E-state index in [9.17, 15) is 4.79 Å². The largest absolute Gasteiger partial charge is 0.381 e. The fourth-order valence-electron chi connectivity index (χ4n) is 0.501. The first-order chi connectivity index (χ1) is 3.30. The molecule has 7 heavy (non-hydrogen) atoms. The van der Waals surface area contributed by atoms with Gasteiger partial charge in [0.1, 0.15) is 0 Å². The summed E-state index contributed by atoms with van der Waals surface area (Å²) in [5.41, 5.74) is 0. The minimum absolute atomic E-state index is 0.0139. The fourth-order valence-corrected chi connectivity index (χ4v) is 0.501. The summed E-state index contributed by atoms with van der Waals surface area (Å²) in [6, 6.07) is 0.0139. The number of carbonyl (C=O) groups is 1. The van der Waals surface area contributed by atoms with Crippen molar-refractivity contribution in [1.29, 1.82) is 0 Å². The number of hydrogen-bond donors (Lipinski definition) is 1. The molecule has 1 unspecified atom stereocenters. The lowest BCUT2D eigenvalue weighted by atomic mass is 10.3. The van der Waals surface area contributed by atoms with Crippen LogP contribution in [0.15, 0.2) is 12.3 Å². The highest BCUT2D eigenvalue weighted by molar-refractivity contribution is 5.95. The van der Waals surface area contributed by atoms with Gasteiger partial charge in [-0.2, -0.15) is 0 Å². The molecule has 0 saturated carbocycles. The molecule has 1 atom stereocenters. The Bertz CT molecular complexity index is 117. The van der Waals surface area contributed by atoms with Gasteiger partial charge in [-0.05, 0) is 13.0 Å². The molecule has 1 heterocycles. The van der Waals surface area contributed by atoms with E-state index >= 15 is 0 Å². The zero-order valence-corrected chi connectivity index (χ0v) is 4.14. The third-order valence-electron chi connectivity index (χ3n) is 1.02. The molecule has 2 nitrogen and oxygen atoms in total. The molecule has 0 radical (unpaired) electrons. The van der Waals surface area contributed by atoms with Crippen molar-refractivity contribution in [2.45, 2.75) is 13.0 Å². The normalized spacial score (nSPS) is 28.1. The maximum absolute atomic E-state index is 10.4. The smallest absolute Gasteiger partial charge is 0.178 e. The quantitative estimate of drug-likeness (QED) is 0.463. The summed E-state index contributed by atoms with van der Waals surface area (Å²) >= 11 is 0. The Balaban J connectivity index is 2.62. The molecule has 2 heteroatoms. The summed E-state index contributed by atoms with van der Waals surface area (Å²) in [6.45, 7) is 1.84. The van der Waals surface area contributed by atoms with Gasteiger partial charge in [0, 0.05) is 6.20 Å². The summed E-state index contributed by atoms with van der Waals surface area (Å²) in [6.07, 6.45) is 3.22. The number of nitrogens with one attached hydrogen (secondary N) is 1. The minimum atomic E-state index is 0.0139. The average molecular weight is 97.1 g/mol. The number of hydrogen-bond acceptors (Lipinski definition) is 2. The lowest BCUT2D eigenvalue weighted by Crippen LogP contribution is -2.21. The highest BCUT2D eigenvalue weighted by atomic mass is 16.1. The second kappa shape index (κ2) is 1.37. The van der Waals surface area contributed by atoms with Gasteiger partial charge in [0.05, 0.1) is 6.04 Å². The van der Waals surface area contributed by atoms with E-state index in [1.807, 2.05) is 6.92 Å². The second-order valence-corrected chi connectivity index (χ2v) is 1.62. The molecule has 0 aromatic rings. The minimum Gasteiger partial charge on any atom is -0.381 e. The maximum atomic E-state index is 10.4. The summed E-state index contributed by atoms with van der Waals surface area (Å²) < 4.78 is 0. The van der Waals surface area contributed by atoms with Crippen LogP contribution >= 0.6 is 0 Å². The van der Waals surface area contributed by atoms with Crippen LogP contribution in [-0.4, -0.2) is 11.8 Å². The van der Waals surface area contributed by atoms with E-state index in [1.165, 1.54) is 0 Å². The van der Waals surface area contributed by atoms with E-state index in [1.54, 1.807) is 12.3 Å². The van der Waals surface area contributed by atoms with Crippen molar-refractivity contribution in [2.24, 2.45) is 0 Å². The van der Waals surface area contributed by atoms with Gasteiger partial charge in [0.2, 0.25) is 0 Å². The van der Waals surface area contributed by atoms with Crippen LogP contribution in [0.25, 0.3) is 0 Å². The molecular weight excluding hydrogens is 90.1 g/mol. The zero-order chi connectivity index (χ0) is 5.28. The summed E-state index contributed by atoms with van der Waals surface area (Å²) in [5, 5.41) is 2.84. The first-order valence-corrected chi connectivity index (χ1v) is 2.27. The van der Waals surface area contributed by atoms with Gasteiger partial charge >= 0.3 is 0 Å². The molecule has 0 spiro atoms. The van der Waals surface area contributed by atoms with Crippen molar-refractivity contribution < 1.29 is 4.79 Å². The van der Waals surface area contributed by atoms with Crippen molar-refractivity contribution in [3.63, 3.8) is 0 Å². The average Bonchev–Trinajstić information content (AvgIpc) is 1.91. The molecule has 1 N–H and O–H groups in total. The monoisotopic (exact) mass is 97.1 g/mol. The molecule has 1 aliphatic heterocycles. The van der Waals surface area contributed by atoms with Crippen molar-refractivity contribution in [2.75, 3.05) is 0 Å². The first-order valence-electron chi connectivity index (χ1n) is 2.27. The zero-order valence-electron chi connectivity index (χ0n) is 4.14. The number of ketones is 1. The summed E-state index contributed by atoms with van der Waals surface area (Å²) in [7, 11) is 0. The van der Waals surface area contributed by atoms with Crippen LogP contribution in [0.1, 0.15) is 6.92 Å². The van der Waals surface area contributed by atoms with Gasteiger partial charge in [-0.25, -0.2) is 0 Å². The Morgan fingerprint density at radius 2 is 2.57 bits per heavy atom. The third-order valence-corrected chi connectivity index (χ3v) is 1.02. The lowest BCUT2D eigenvalue weighted by Gasteiger charge is -1.96. The van der Waals surface area contributed by atoms with Crippen molar-refractivity contribution in [3.05, 3.63) is 12.3 Å². The molecule has 1 aliphatic rings. The molecule has 0 fully saturated rings. The van der Waals surface area contributed by atoms with Crippen molar-refractivity contribution >= 4 is 5.78 Å². The van der Waals surface area contributed by atoms with Gasteiger partial charge in [0.15, 0.2) is 5.78 Å². The van der Waals surface area contributed by atoms with Gasteiger partial charge in [-0.1, -0.05) is 0 Å². The van der Waals surface area contributed by atoms with Crippen LogP contribution < -0.4 is 5.32 Å². The Morgan fingerprint density at radius 3 is 2.71 bits per heavy atom. The highest BCUT2D eigenvalue weighted by Gasteiger charge is 2.10. The Hall–Kier alpha value is -0.790. The second-order valence-electron chi connectivity index (χ2n) is 1.62. The molecule has 0 saturated heterocycles. The Morgan fingerprint density at radius 1 is 1.86 bits per heavy atom.